The van der Waals surface area contributed by atoms with Gasteiger partial charge in [-0.15, -0.1) is 0 Å². The molecule has 0 aromatic heterocycles. The van der Waals surface area contributed by atoms with Crippen molar-refractivity contribution in [1.29, 1.82) is 0 Å². The lowest BCUT2D eigenvalue weighted by atomic mass is 9.78. The molecule has 0 aliphatic carbocycles. The van der Waals surface area contributed by atoms with E-state index < -0.39 is 59.7 Å². The molecule has 1 heterocycles. The molecule has 11 heteroatoms. The Balaban J connectivity index is 2.33. The standard InChI is InChI=1S/C28H40N2O9/c1-5-6-7-8-10-19-21(13-16(2)14-23(32)33)17(3)38-28(37)24(18(4)39-27(19)36)30-26(35)20-11-9-12-22(25(20)34)29-15-31/h9,11-12,15-19,21,24,34H,5-8,10,13-14H2,1-4H3,(H,29,31)(H,30,35)(H,32,33). The first-order valence-corrected chi connectivity index (χ1v) is 13.5. The number of benzene rings is 1. The summed E-state index contributed by atoms with van der Waals surface area (Å²) >= 11 is 0. The number of cyclic esters (lactones) is 2. The van der Waals surface area contributed by atoms with E-state index in [9.17, 15) is 34.2 Å². The number of hydrogen-bond donors (Lipinski definition) is 4. The molecule has 6 atom stereocenters. The Morgan fingerprint density at radius 1 is 1.08 bits per heavy atom. The number of esters is 2. The zero-order valence-electron chi connectivity index (χ0n) is 23.0. The highest BCUT2D eigenvalue weighted by Gasteiger charge is 2.42. The number of amides is 2. The predicted octanol–water partition coefficient (Wildman–Crippen LogP) is 3.64. The summed E-state index contributed by atoms with van der Waals surface area (Å²) < 4.78 is 11.5. The van der Waals surface area contributed by atoms with Crippen LogP contribution in [0.25, 0.3) is 0 Å². The fourth-order valence-corrected chi connectivity index (χ4v) is 5.00. The molecule has 1 aromatic rings. The number of phenolic OH excluding ortho intramolecular Hbond substituents is 1. The summed E-state index contributed by atoms with van der Waals surface area (Å²) in [6.07, 6.45) is 2.95. The topological polar surface area (TPSA) is 168 Å². The van der Waals surface area contributed by atoms with Gasteiger partial charge in [-0.3, -0.25) is 19.2 Å². The summed E-state index contributed by atoms with van der Waals surface area (Å²) in [5.74, 6) is -5.00. The molecule has 39 heavy (non-hydrogen) atoms. The highest BCUT2D eigenvalue weighted by atomic mass is 16.6. The van der Waals surface area contributed by atoms with Crippen LogP contribution in [0.15, 0.2) is 18.2 Å². The summed E-state index contributed by atoms with van der Waals surface area (Å²) in [6, 6.07) is 2.78. The lowest BCUT2D eigenvalue weighted by Gasteiger charge is -2.31. The van der Waals surface area contributed by atoms with Gasteiger partial charge in [-0.05, 0) is 44.7 Å². The van der Waals surface area contributed by atoms with E-state index in [2.05, 4.69) is 17.6 Å². The number of para-hydroxylation sites is 1. The van der Waals surface area contributed by atoms with Gasteiger partial charge < -0.3 is 30.3 Å². The third kappa shape index (κ3) is 8.97. The van der Waals surface area contributed by atoms with E-state index in [4.69, 9.17) is 9.47 Å². The van der Waals surface area contributed by atoms with E-state index in [1.54, 1.807) is 13.8 Å². The van der Waals surface area contributed by atoms with Gasteiger partial charge in [0.15, 0.2) is 11.8 Å². The first-order valence-electron chi connectivity index (χ1n) is 13.5. The van der Waals surface area contributed by atoms with Crippen molar-refractivity contribution >= 4 is 35.9 Å². The maximum absolute atomic E-state index is 13.4. The first-order chi connectivity index (χ1) is 18.5. The van der Waals surface area contributed by atoms with Gasteiger partial charge in [-0.1, -0.05) is 45.6 Å². The molecular weight excluding hydrogens is 508 g/mol. The van der Waals surface area contributed by atoms with E-state index in [0.717, 1.165) is 25.7 Å². The van der Waals surface area contributed by atoms with E-state index in [1.807, 2.05) is 0 Å². The minimum absolute atomic E-state index is 0.00651. The van der Waals surface area contributed by atoms with Crippen LogP contribution < -0.4 is 10.6 Å². The van der Waals surface area contributed by atoms with Gasteiger partial charge >= 0.3 is 17.9 Å². The third-order valence-corrected chi connectivity index (χ3v) is 7.10. The summed E-state index contributed by atoms with van der Waals surface area (Å²) in [5.41, 5.74) is -0.192. The number of carboxylic acid groups (broad SMARTS) is 1. The van der Waals surface area contributed by atoms with E-state index in [-0.39, 0.29) is 23.6 Å². The SMILES string of the molecule is CCCCCCC1C(=O)OC(C)C(NC(=O)c2cccc(NC=O)c2O)C(=O)OC(C)C1CC(C)CC(=O)O. The Kier molecular flexibility index (Phi) is 12.2. The largest absolute Gasteiger partial charge is 0.505 e. The first kappa shape index (κ1) is 31.6. The molecule has 2 rings (SSSR count). The fraction of sp³-hybridized carbons (Fsp3) is 0.607. The summed E-state index contributed by atoms with van der Waals surface area (Å²) in [6.45, 7) is 7.00. The second-order valence-electron chi connectivity index (χ2n) is 10.3. The van der Waals surface area contributed by atoms with Crippen LogP contribution in [0, 0.1) is 17.8 Å². The maximum atomic E-state index is 13.4. The van der Waals surface area contributed by atoms with Crippen molar-refractivity contribution in [3.05, 3.63) is 23.8 Å². The molecule has 4 N–H and O–H groups in total. The number of carboxylic acids is 1. The lowest BCUT2D eigenvalue weighted by molar-refractivity contribution is -0.157. The smallest absolute Gasteiger partial charge is 0.332 e. The molecule has 0 saturated carbocycles. The van der Waals surface area contributed by atoms with Crippen molar-refractivity contribution < 1.29 is 43.7 Å². The Labute approximate surface area is 228 Å². The molecule has 216 valence electrons. The van der Waals surface area contributed by atoms with E-state index >= 15 is 0 Å². The normalized spacial score (nSPS) is 24.3. The molecule has 6 unspecified atom stereocenters. The van der Waals surface area contributed by atoms with Crippen molar-refractivity contribution in [2.45, 2.75) is 90.9 Å². The van der Waals surface area contributed by atoms with Crippen LogP contribution in [0.3, 0.4) is 0 Å². The number of unbranched alkanes of at least 4 members (excludes halogenated alkanes) is 3. The van der Waals surface area contributed by atoms with Gasteiger partial charge in [0.1, 0.15) is 12.2 Å². The minimum atomic E-state index is -1.37. The highest BCUT2D eigenvalue weighted by molar-refractivity contribution is 6.01. The van der Waals surface area contributed by atoms with Crippen molar-refractivity contribution in [2.24, 2.45) is 17.8 Å². The number of nitrogens with one attached hydrogen (secondary N) is 2. The van der Waals surface area contributed by atoms with Crippen molar-refractivity contribution in [3.8, 4) is 5.75 Å². The number of aromatic hydroxyl groups is 1. The van der Waals surface area contributed by atoms with Crippen LogP contribution in [0.4, 0.5) is 5.69 Å². The Morgan fingerprint density at radius 3 is 2.41 bits per heavy atom. The summed E-state index contributed by atoms with van der Waals surface area (Å²) in [5, 5.41) is 24.4. The number of carbonyl (C=O) groups excluding carboxylic acids is 4. The molecule has 0 radical (unpaired) electrons. The van der Waals surface area contributed by atoms with E-state index in [0.29, 0.717) is 19.3 Å². The third-order valence-electron chi connectivity index (χ3n) is 7.10. The summed E-state index contributed by atoms with van der Waals surface area (Å²) in [4.78, 5) is 61.8. The van der Waals surface area contributed by atoms with Gasteiger partial charge in [0.05, 0.1) is 17.2 Å². The second kappa shape index (κ2) is 15.1. The number of ether oxygens (including phenoxy) is 2. The number of aliphatic carboxylic acids is 1. The predicted molar refractivity (Wildman–Crippen MR) is 142 cm³/mol. The quantitative estimate of drug-likeness (QED) is 0.124. The lowest BCUT2D eigenvalue weighted by Crippen LogP contribution is -2.50. The molecule has 1 aliphatic heterocycles. The van der Waals surface area contributed by atoms with Gasteiger partial charge in [-0.2, -0.15) is 0 Å². The average Bonchev–Trinajstić information content (AvgIpc) is 2.88. The van der Waals surface area contributed by atoms with Gasteiger partial charge in [0.2, 0.25) is 6.41 Å². The van der Waals surface area contributed by atoms with Crippen molar-refractivity contribution in [2.75, 3.05) is 5.32 Å². The number of rotatable bonds is 13. The average molecular weight is 549 g/mol. The molecule has 0 bridgehead atoms. The number of carbonyl (C=O) groups is 5. The van der Waals surface area contributed by atoms with Crippen LogP contribution in [0.5, 0.6) is 5.75 Å². The number of phenols is 1. The van der Waals surface area contributed by atoms with Crippen LogP contribution in [0.2, 0.25) is 0 Å². The fourth-order valence-electron chi connectivity index (χ4n) is 5.00. The number of anilines is 1. The minimum Gasteiger partial charge on any atom is -0.505 e. The van der Waals surface area contributed by atoms with Crippen LogP contribution in [0.1, 0.15) is 83.0 Å². The maximum Gasteiger partial charge on any atom is 0.332 e. The molecule has 0 spiro atoms. The van der Waals surface area contributed by atoms with Gasteiger partial charge in [0, 0.05) is 12.3 Å². The molecule has 1 aliphatic rings. The van der Waals surface area contributed by atoms with E-state index in [1.165, 1.54) is 25.1 Å². The van der Waals surface area contributed by atoms with Crippen LogP contribution in [-0.2, 0) is 28.7 Å². The zero-order valence-corrected chi connectivity index (χ0v) is 23.0. The molecule has 2 amide bonds. The summed E-state index contributed by atoms with van der Waals surface area (Å²) in [7, 11) is 0. The molecular formula is C28H40N2O9. The highest BCUT2D eigenvalue weighted by Crippen LogP contribution is 2.34. The molecule has 1 fully saturated rings. The van der Waals surface area contributed by atoms with Gasteiger partial charge in [0.25, 0.3) is 5.91 Å². The monoisotopic (exact) mass is 548 g/mol. The van der Waals surface area contributed by atoms with Crippen LogP contribution in [-0.4, -0.2) is 58.7 Å². The number of hydrogen-bond acceptors (Lipinski definition) is 8. The zero-order chi connectivity index (χ0) is 29.1. The molecule has 11 nitrogen and oxygen atoms in total. The Hall–Kier alpha value is -3.63. The molecule has 1 saturated heterocycles. The second-order valence-corrected chi connectivity index (χ2v) is 10.3. The van der Waals surface area contributed by atoms with Crippen LogP contribution >= 0.6 is 0 Å². The van der Waals surface area contributed by atoms with Crippen molar-refractivity contribution in [3.63, 3.8) is 0 Å². The Morgan fingerprint density at radius 2 is 1.77 bits per heavy atom. The van der Waals surface area contributed by atoms with Crippen molar-refractivity contribution in [1.82, 2.24) is 5.32 Å². The van der Waals surface area contributed by atoms with Gasteiger partial charge in [-0.25, -0.2) is 4.79 Å². The Bertz CT molecular complexity index is 1030. The molecule has 1 aromatic carbocycles.